The number of esters is 1. The number of aryl methyl sites for hydroxylation is 1. The first-order valence-corrected chi connectivity index (χ1v) is 9.23. The molecule has 0 aromatic heterocycles. The summed E-state index contributed by atoms with van der Waals surface area (Å²) in [5.41, 5.74) is 2.38. The van der Waals surface area contributed by atoms with E-state index < -0.39 is 18.0 Å². The predicted octanol–water partition coefficient (Wildman–Crippen LogP) is 4.41. The maximum absolute atomic E-state index is 12.8. The van der Waals surface area contributed by atoms with Gasteiger partial charge in [-0.3, -0.25) is 9.59 Å². The van der Waals surface area contributed by atoms with Crippen molar-refractivity contribution in [1.29, 1.82) is 0 Å². The Morgan fingerprint density at radius 2 is 1.38 bits per heavy atom. The van der Waals surface area contributed by atoms with Gasteiger partial charge in [-0.15, -0.1) is 0 Å². The zero-order chi connectivity index (χ0) is 20.8. The van der Waals surface area contributed by atoms with Crippen LogP contribution in [0.5, 0.6) is 0 Å². The minimum absolute atomic E-state index is 0.122. The number of hydrogen-bond acceptors (Lipinski definition) is 4. The van der Waals surface area contributed by atoms with Crippen molar-refractivity contribution in [3.05, 3.63) is 101 Å². The highest BCUT2D eigenvalue weighted by atomic mass is 16.5. The average molecular weight is 387 g/mol. The van der Waals surface area contributed by atoms with Gasteiger partial charge in [0.2, 0.25) is 0 Å². The lowest BCUT2D eigenvalue weighted by molar-refractivity contribution is -0.123. The van der Waals surface area contributed by atoms with Crippen LogP contribution in [-0.4, -0.2) is 23.8 Å². The van der Waals surface area contributed by atoms with Crippen molar-refractivity contribution in [1.82, 2.24) is 0 Å². The topological polar surface area (TPSA) is 72.5 Å². The molecule has 1 unspecified atom stereocenters. The molecule has 3 rings (SSSR count). The van der Waals surface area contributed by atoms with Gasteiger partial charge >= 0.3 is 5.97 Å². The first kappa shape index (κ1) is 20.0. The van der Waals surface area contributed by atoms with Crippen molar-refractivity contribution in [3.63, 3.8) is 0 Å². The van der Waals surface area contributed by atoms with E-state index in [0.29, 0.717) is 11.3 Å². The van der Waals surface area contributed by atoms with Crippen LogP contribution in [0.4, 0.5) is 5.69 Å². The predicted molar refractivity (Wildman–Crippen MR) is 111 cm³/mol. The molecule has 0 aliphatic rings. The molecule has 0 aliphatic carbocycles. The smallest absolute Gasteiger partial charge is 0.339 e. The van der Waals surface area contributed by atoms with E-state index in [4.69, 9.17) is 4.74 Å². The van der Waals surface area contributed by atoms with Gasteiger partial charge in [0.05, 0.1) is 5.56 Å². The molecule has 3 aromatic rings. The Kier molecular flexibility index (Phi) is 6.19. The lowest BCUT2D eigenvalue weighted by Gasteiger charge is -2.15. The molecule has 146 valence electrons. The van der Waals surface area contributed by atoms with E-state index in [-0.39, 0.29) is 16.9 Å². The van der Waals surface area contributed by atoms with Crippen molar-refractivity contribution >= 4 is 23.3 Å². The molecule has 0 heterocycles. The van der Waals surface area contributed by atoms with Crippen molar-refractivity contribution in [2.45, 2.75) is 20.0 Å². The fourth-order valence-electron chi connectivity index (χ4n) is 2.83. The van der Waals surface area contributed by atoms with Gasteiger partial charge < -0.3 is 10.1 Å². The van der Waals surface area contributed by atoms with E-state index in [1.165, 1.54) is 13.0 Å². The number of benzene rings is 3. The molecule has 0 radical (unpaired) electrons. The highest BCUT2D eigenvalue weighted by Gasteiger charge is 2.23. The average Bonchev–Trinajstić information content (AvgIpc) is 2.75. The molecule has 0 saturated carbocycles. The molecule has 5 heteroatoms. The van der Waals surface area contributed by atoms with Crippen LogP contribution in [-0.2, 0) is 9.53 Å². The van der Waals surface area contributed by atoms with E-state index in [1.54, 1.807) is 48.5 Å². The van der Waals surface area contributed by atoms with Crippen molar-refractivity contribution < 1.29 is 19.1 Å². The van der Waals surface area contributed by atoms with Crippen LogP contribution in [0.2, 0.25) is 0 Å². The number of anilines is 1. The van der Waals surface area contributed by atoms with Gasteiger partial charge in [-0.2, -0.15) is 0 Å². The molecular weight excluding hydrogens is 366 g/mol. The van der Waals surface area contributed by atoms with Crippen LogP contribution in [0.1, 0.15) is 38.8 Å². The normalized spacial score (nSPS) is 11.4. The van der Waals surface area contributed by atoms with Crippen LogP contribution < -0.4 is 5.32 Å². The fourth-order valence-corrected chi connectivity index (χ4v) is 2.83. The number of hydrogen-bond donors (Lipinski definition) is 1. The van der Waals surface area contributed by atoms with E-state index in [9.17, 15) is 14.4 Å². The molecule has 3 aromatic carbocycles. The number of carbonyl (C=O) groups excluding carboxylic acids is 3. The molecular formula is C24H21NO4. The molecule has 1 amide bonds. The third-order valence-electron chi connectivity index (χ3n) is 4.48. The monoisotopic (exact) mass is 387 g/mol. The third-order valence-corrected chi connectivity index (χ3v) is 4.48. The standard InChI is InChI=1S/C24H21NO4/c1-16-10-6-9-15-21(16)25-23(27)17(2)29-24(28)20-14-8-7-13-19(20)22(26)18-11-4-3-5-12-18/h3-15,17H,1-2H3,(H,25,27). The van der Waals surface area contributed by atoms with E-state index >= 15 is 0 Å². The second-order valence-corrected chi connectivity index (χ2v) is 6.59. The Bertz CT molecular complexity index is 1040. The molecule has 0 fully saturated rings. The van der Waals surface area contributed by atoms with Crippen LogP contribution in [0.25, 0.3) is 0 Å². The zero-order valence-electron chi connectivity index (χ0n) is 16.2. The lowest BCUT2D eigenvalue weighted by Crippen LogP contribution is -2.30. The van der Waals surface area contributed by atoms with Gasteiger partial charge in [0.1, 0.15) is 0 Å². The number of carbonyl (C=O) groups is 3. The molecule has 1 atom stereocenters. The van der Waals surface area contributed by atoms with Crippen molar-refractivity contribution in [2.24, 2.45) is 0 Å². The summed E-state index contributed by atoms with van der Waals surface area (Å²) in [5, 5.41) is 2.75. The van der Waals surface area contributed by atoms with Gasteiger partial charge in [-0.05, 0) is 31.5 Å². The van der Waals surface area contributed by atoms with E-state index in [1.807, 2.05) is 31.2 Å². The number of rotatable bonds is 6. The summed E-state index contributed by atoms with van der Waals surface area (Å²) >= 11 is 0. The Morgan fingerprint density at radius 1 is 0.793 bits per heavy atom. The van der Waals surface area contributed by atoms with Gasteiger partial charge in [-0.25, -0.2) is 4.79 Å². The Labute approximate surface area is 169 Å². The van der Waals surface area contributed by atoms with Gasteiger partial charge in [0.15, 0.2) is 11.9 Å². The van der Waals surface area contributed by atoms with Crippen LogP contribution in [0.3, 0.4) is 0 Å². The van der Waals surface area contributed by atoms with E-state index in [2.05, 4.69) is 5.32 Å². The lowest BCUT2D eigenvalue weighted by atomic mass is 9.98. The Balaban J connectivity index is 1.75. The molecule has 1 N–H and O–H groups in total. The number of ketones is 1. The first-order chi connectivity index (χ1) is 14.0. The van der Waals surface area contributed by atoms with Gasteiger partial charge in [0.25, 0.3) is 5.91 Å². The summed E-state index contributed by atoms with van der Waals surface area (Å²) in [4.78, 5) is 37.9. The quantitative estimate of drug-likeness (QED) is 0.502. The van der Waals surface area contributed by atoms with Crippen LogP contribution >= 0.6 is 0 Å². The summed E-state index contributed by atoms with van der Waals surface area (Å²) in [5.74, 6) is -1.45. The number of nitrogens with one attached hydrogen (secondary N) is 1. The van der Waals surface area contributed by atoms with Crippen LogP contribution in [0, 0.1) is 6.92 Å². The number of amides is 1. The Hall–Kier alpha value is -3.73. The van der Waals surface area contributed by atoms with Crippen molar-refractivity contribution in [2.75, 3.05) is 5.32 Å². The third kappa shape index (κ3) is 4.76. The number of ether oxygens (including phenoxy) is 1. The minimum Gasteiger partial charge on any atom is -0.449 e. The maximum atomic E-state index is 12.8. The van der Waals surface area contributed by atoms with Crippen LogP contribution in [0.15, 0.2) is 78.9 Å². The van der Waals surface area contributed by atoms with E-state index in [0.717, 1.165) is 5.56 Å². The Morgan fingerprint density at radius 3 is 2.07 bits per heavy atom. The second kappa shape index (κ2) is 8.97. The fraction of sp³-hybridized carbons (Fsp3) is 0.125. The highest BCUT2D eigenvalue weighted by molar-refractivity contribution is 6.14. The summed E-state index contributed by atoms with van der Waals surface area (Å²) < 4.78 is 5.33. The highest BCUT2D eigenvalue weighted by Crippen LogP contribution is 2.18. The largest absolute Gasteiger partial charge is 0.449 e. The molecule has 5 nitrogen and oxygen atoms in total. The van der Waals surface area contributed by atoms with Gasteiger partial charge in [-0.1, -0.05) is 66.7 Å². The SMILES string of the molecule is Cc1ccccc1NC(=O)C(C)OC(=O)c1ccccc1C(=O)c1ccccc1. The maximum Gasteiger partial charge on any atom is 0.339 e. The molecule has 0 aliphatic heterocycles. The van der Waals surface area contributed by atoms with Gasteiger partial charge in [0, 0.05) is 16.8 Å². The minimum atomic E-state index is -1.03. The van der Waals surface area contributed by atoms with Crippen molar-refractivity contribution in [3.8, 4) is 0 Å². The molecule has 0 spiro atoms. The summed E-state index contributed by atoms with van der Waals surface area (Å²) in [7, 11) is 0. The first-order valence-electron chi connectivity index (χ1n) is 9.23. The molecule has 0 saturated heterocycles. The summed E-state index contributed by atoms with van der Waals surface area (Å²) in [6, 6.07) is 22.4. The summed E-state index contributed by atoms with van der Waals surface area (Å²) in [6.07, 6.45) is -1.03. The molecule has 0 bridgehead atoms. The second-order valence-electron chi connectivity index (χ2n) is 6.59. The zero-order valence-corrected chi connectivity index (χ0v) is 16.2. The summed E-state index contributed by atoms with van der Waals surface area (Å²) in [6.45, 7) is 3.37. The molecule has 29 heavy (non-hydrogen) atoms. The number of para-hydroxylation sites is 1.